The Morgan fingerprint density at radius 2 is 1.74 bits per heavy atom. The number of carboxylic acid groups (broad SMARTS) is 1. The third-order valence-electron chi connectivity index (χ3n) is 6.77. The van der Waals surface area contributed by atoms with E-state index in [2.05, 4.69) is 42.7 Å². The molecule has 0 amide bonds. The minimum Gasteiger partial charge on any atom is -0.478 e. The Morgan fingerprint density at radius 1 is 1.03 bits per heavy atom. The first-order chi connectivity index (χ1) is 16.5. The zero-order valence-corrected chi connectivity index (χ0v) is 20.4. The Labute approximate surface area is 205 Å². The van der Waals surface area contributed by atoms with E-state index in [0.717, 1.165) is 32.6 Å². The fourth-order valence-electron chi connectivity index (χ4n) is 4.86. The van der Waals surface area contributed by atoms with Crippen molar-refractivity contribution in [2.45, 2.75) is 57.9 Å². The summed E-state index contributed by atoms with van der Waals surface area (Å²) in [6, 6.07) is 5.15. The molecule has 4 N–H and O–H groups in total. The van der Waals surface area contributed by atoms with Crippen LogP contribution in [-0.2, 0) is 0 Å². The first kappa shape index (κ1) is 24.5. The molecule has 2 fully saturated rings. The molecule has 0 spiro atoms. The number of rotatable bonds is 10. The van der Waals surface area contributed by atoms with Gasteiger partial charge in [-0.3, -0.25) is 4.90 Å². The highest BCUT2D eigenvalue weighted by molar-refractivity contribution is 6.33. The van der Waals surface area contributed by atoms with Crippen LogP contribution in [0.15, 0.2) is 18.2 Å². The molecule has 0 bridgehead atoms. The number of hydrogen-bond donors (Lipinski definition) is 4. The second-order valence-corrected chi connectivity index (χ2v) is 9.53. The molecule has 1 aromatic carbocycles. The summed E-state index contributed by atoms with van der Waals surface area (Å²) in [6.45, 7) is 5.98. The molecule has 1 saturated heterocycles. The monoisotopic (exact) mass is 487 g/mol. The van der Waals surface area contributed by atoms with Crippen molar-refractivity contribution in [1.82, 2.24) is 19.9 Å². The molecule has 10 heteroatoms. The van der Waals surface area contributed by atoms with Gasteiger partial charge in [-0.05, 0) is 62.9 Å². The van der Waals surface area contributed by atoms with Gasteiger partial charge in [0.1, 0.15) is 0 Å². The number of halogens is 1. The molecule has 34 heavy (non-hydrogen) atoms. The maximum Gasteiger partial charge on any atom is 0.337 e. The molecule has 4 rings (SSSR count). The second kappa shape index (κ2) is 11.7. The van der Waals surface area contributed by atoms with Crippen molar-refractivity contribution in [3.05, 3.63) is 28.8 Å². The SMILES string of the molecule is CCN1CCCC1CNc1nc(NCC2CCCCC2)nc(Nc2ccc(C(=O)O)c(Cl)c2)n1. The third-order valence-corrected chi connectivity index (χ3v) is 7.08. The maximum absolute atomic E-state index is 11.3. The number of nitrogens with one attached hydrogen (secondary N) is 3. The van der Waals surface area contributed by atoms with Crippen molar-refractivity contribution in [3.8, 4) is 0 Å². The van der Waals surface area contributed by atoms with Crippen LogP contribution >= 0.6 is 11.6 Å². The van der Waals surface area contributed by atoms with Gasteiger partial charge in [0.2, 0.25) is 17.8 Å². The van der Waals surface area contributed by atoms with Gasteiger partial charge in [-0.1, -0.05) is 37.8 Å². The highest BCUT2D eigenvalue weighted by Crippen LogP contribution is 2.26. The molecule has 2 aromatic rings. The van der Waals surface area contributed by atoms with E-state index in [1.54, 1.807) is 12.1 Å². The van der Waals surface area contributed by atoms with Crippen LogP contribution in [-0.4, -0.2) is 63.1 Å². The molecule has 184 valence electrons. The molecule has 1 aromatic heterocycles. The fraction of sp³-hybridized carbons (Fsp3) is 0.583. The number of likely N-dealkylation sites (N-methyl/N-ethyl adjacent to an activating group) is 1. The van der Waals surface area contributed by atoms with Crippen LogP contribution < -0.4 is 16.0 Å². The lowest BCUT2D eigenvalue weighted by atomic mass is 9.89. The topological polar surface area (TPSA) is 115 Å². The number of hydrogen-bond acceptors (Lipinski definition) is 8. The highest BCUT2D eigenvalue weighted by Gasteiger charge is 2.23. The van der Waals surface area contributed by atoms with Gasteiger partial charge in [0.15, 0.2) is 0 Å². The molecular weight excluding hydrogens is 454 g/mol. The van der Waals surface area contributed by atoms with Crippen molar-refractivity contribution in [1.29, 1.82) is 0 Å². The smallest absolute Gasteiger partial charge is 0.337 e. The summed E-state index contributed by atoms with van der Waals surface area (Å²) in [6.07, 6.45) is 8.74. The fourth-order valence-corrected chi connectivity index (χ4v) is 5.13. The lowest BCUT2D eigenvalue weighted by Crippen LogP contribution is -2.35. The predicted octanol–water partition coefficient (Wildman–Crippen LogP) is 4.86. The van der Waals surface area contributed by atoms with Gasteiger partial charge in [0, 0.05) is 24.8 Å². The molecule has 1 saturated carbocycles. The number of carbonyl (C=O) groups is 1. The number of aromatic nitrogens is 3. The van der Waals surface area contributed by atoms with E-state index < -0.39 is 5.97 Å². The molecule has 1 unspecified atom stereocenters. The lowest BCUT2D eigenvalue weighted by Gasteiger charge is -2.23. The van der Waals surface area contributed by atoms with Gasteiger partial charge in [0.05, 0.1) is 10.6 Å². The van der Waals surface area contributed by atoms with Crippen molar-refractivity contribution in [3.63, 3.8) is 0 Å². The normalized spacial score (nSPS) is 19.2. The summed E-state index contributed by atoms with van der Waals surface area (Å²) in [5.74, 6) is 0.988. The minimum atomic E-state index is -1.06. The van der Waals surface area contributed by atoms with Gasteiger partial charge in [-0.25, -0.2) is 4.79 Å². The maximum atomic E-state index is 11.3. The van der Waals surface area contributed by atoms with Gasteiger partial charge < -0.3 is 21.1 Å². The van der Waals surface area contributed by atoms with Crippen molar-refractivity contribution >= 4 is 41.1 Å². The van der Waals surface area contributed by atoms with Crippen LogP contribution in [0, 0.1) is 5.92 Å². The van der Waals surface area contributed by atoms with E-state index in [9.17, 15) is 9.90 Å². The molecule has 0 radical (unpaired) electrons. The van der Waals surface area contributed by atoms with Crippen LogP contribution in [0.4, 0.5) is 23.5 Å². The Kier molecular flexibility index (Phi) is 8.39. The van der Waals surface area contributed by atoms with Crippen LogP contribution in [0.25, 0.3) is 0 Å². The van der Waals surface area contributed by atoms with E-state index >= 15 is 0 Å². The molecule has 2 heterocycles. The number of nitrogens with zero attached hydrogens (tertiary/aromatic N) is 4. The summed E-state index contributed by atoms with van der Waals surface area (Å²) in [7, 11) is 0. The van der Waals surface area contributed by atoms with Gasteiger partial charge in [0.25, 0.3) is 0 Å². The van der Waals surface area contributed by atoms with E-state index in [-0.39, 0.29) is 10.6 Å². The molecule has 2 aliphatic rings. The van der Waals surface area contributed by atoms with E-state index in [0.29, 0.717) is 35.5 Å². The van der Waals surface area contributed by atoms with E-state index in [1.165, 1.54) is 44.6 Å². The Balaban J connectivity index is 1.49. The van der Waals surface area contributed by atoms with Crippen LogP contribution in [0.1, 0.15) is 62.2 Å². The van der Waals surface area contributed by atoms with Crippen molar-refractivity contribution in [2.24, 2.45) is 5.92 Å². The van der Waals surface area contributed by atoms with Crippen LogP contribution in [0.2, 0.25) is 5.02 Å². The molecule has 1 aliphatic carbocycles. The first-order valence-corrected chi connectivity index (χ1v) is 12.7. The third kappa shape index (κ3) is 6.48. The molecule has 1 aliphatic heterocycles. The average Bonchev–Trinajstić information content (AvgIpc) is 3.29. The summed E-state index contributed by atoms with van der Waals surface area (Å²) in [5.41, 5.74) is 0.662. The largest absolute Gasteiger partial charge is 0.478 e. The quantitative estimate of drug-likeness (QED) is 0.373. The second-order valence-electron chi connectivity index (χ2n) is 9.12. The molecule has 9 nitrogen and oxygen atoms in total. The minimum absolute atomic E-state index is 0.0529. The highest BCUT2D eigenvalue weighted by atomic mass is 35.5. The predicted molar refractivity (Wildman–Crippen MR) is 135 cm³/mol. The molecule has 1 atom stereocenters. The van der Waals surface area contributed by atoms with Gasteiger partial charge >= 0.3 is 5.97 Å². The first-order valence-electron chi connectivity index (χ1n) is 12.3. The van der Waals surface area contributed by atoms with Crippen LogP contribution in [0.3, 0.4) is 0 Å². The van der Waals surface area contributed by atoms with E-state index in [4.69, 9.17) is 11.6 Å². The molecular formula is C24H34ClN7O2. The Hall–Kier alpha value is -2.65. The standard InChI is InChI=1S/C24H34ClN7O2/c1-2-32-12-6-9-18(32)15-27-23-29-22(26-14-16-7-4-3-5-8-16)30-24(31-23)28-17-10-11-19(21(33)34)20(25)13-17/h10-11,13,16,18H,2-9,12,14-15H2,1H3,(H,33,34)(H3,26,27,28,29,30,31). The summed E-state index contributed by atoms with van der Waals surface area (Å²) in [4.78, 5) is 27.5. The number of anilines is 4. The van der Waals surface area contributed by atoms with Crippen molar-refractivity contribution in [2.75, 3.05) is 42.1 Å². The Bertz CT molecular complexity index is 984. The average molecular weight is 488 g/mol. The zero-order chi connectivity index (χ0) is 23.9. The number of carboxylic acids is 1. The number of likely N-dealkylation sites (tertiary alicyclic amines) is 1. The van der Waals surface area contributed by atoms with E-state index in [1.807, 2.05) is 0 Å². The van der Waals surface area contributed by atoms with Crippen molar-refractivity contribution < 1.29 is 9.90 Å². The number of benzene rings is 1. The van der Waals surface area contributed by atoms with Gasteiger partial charge in [-0.15, -0.1) is 0 Å². The summed E-state index contributed by atoms with van der Waals surface area (Å²) < 4.78 is 0. The zero-order valence-electron chi connectivity index (χ0n) is 19.7. The summed E-state index contributed by atoms with van der Waals surface area (Å²) in [5, 5.41) is 19.3. The Morgan fingerprint density at radius 3 is 2.41 bits per heavy atom. The summed E-state index contributed by atoms with van der Waals surface area (Å²) >= 11 is 6.14. The lowest BCUT2D eigenvalue weighted by molar-refractivity contribution is 0.0697. The van der Waals surface area contributed by atoms with Gasteiger partial charge in [-0.2, -0.15) is 15.0 Å². The van der Waals surface area contributed by atoms with Crippen LogP contribution in [0.5, 0.6) is 0 Å². The number of aromatic carboxylic acids is 1.